The molecule has 1 aromatic rings. The van der Waals surface area contributed by atoms with Crippen molar-refractivity contribution in [3.8, 4) is 0 Å². The third-order valence-corrected chi connectivity index (χ3v) is 4.39. The van der Waals surface area contributed by atoms with Crippen molar-refractivity contribution < 1.29 is 4.79 Å². The molecule has 0 spiro atoms. The number of aromatic nitrogens is 1. The van der Waals surface area contributed by atoms with Crippen LogP contribution in [0.2, 0.25) is 0 Å². The van der Waals surface area contributed by atoms with E-state index in [1.165, 1.54) is 4.88 Å². The molecule has 0 bridgehead atoms. The van der Waals surface area contributed by atoms with E-state index in [0.717, 1.165) is 29.6 Å². The molecule has 6 nitrogen and oxygen atoms in total. The van der Waals surface area contributed by atoms with Crippen LogP contribution in [0, 0.1) is 13.8 Å². The van der Waals surface area contributed by atoms with E-state index >= 15 is 0 Å². The van der Waals surface area contributed by atoms with Crippen molar-refractivity contribution in [1.29, 1.82) is 0 Å². The fourth-order valence-corrected chi connectivity index (χ4v) is 3.10. The number of thiazole rings is 1. The van der Waals surface area contributed by atoms with Crippen molar-refractivity contribution >= 4 is 47.2 Å². The highest BCUT2D eigenvalue weighted by Crippen LogP contribution is 2.17. The molecular formula is C14H24IN5OS. The van der Waals surface area contributed by atoms with Gasteiger partial charge in [-0.05, 0) is 27.2 Å². The van der Waals surface area contributed by atoms with Crippen molar-refractivity contribution in [2.24, 2.45) is 4.99 Å². The van der Waals surface area contributed by atoms with E-state index in [2.05, 4.69) is 25.9 Å². The van der Waals surface area contributed by atoms with Crippen LogP contribution < -0.4 is 16.0 Å². The van der Waals surface area contributed by atoms with Crippen LogP contribution in [0.5, 0.6) is 0 Å². The molecular weight excluding hydrogens is 413 g/mol. The molecule has 124 valence electrons. The van der Waals surface area contributed by atoms with Crippen molar-refractivity contribution in [2.75, 3.05) is 13.1 Å². The third kappa shape index (κ3) is 5.71. The summed E-state index contributed by atoms with van der Waals surface area (Å²) in [6.45, 7) is 8.17. The average Bonchev–Trinajstić information content (AvgIpc) is 2.77. The first-order valence-electron chi connectivity index (χ1n) is 7.33. The maximum atomic E-state index is 11.2. The molecule has 1 atom stereocenters. The van der Waals surface area contributed by atoms with Gasteiger partial charge in [-0.15, -0.1) is 35.3 Å². The standard InChI is InChI=1S/C14H23N5OS.HI/c1-4-15-14(19-11-5-6-13(20)16-7-11)17-8-12-9(2)18-10(3)21-12;/h11H,4-8H2,1-3H3,(H,16,20)(H2,15,17,19);1H. The summed E-state index contributed by atoms with van der Waals surface area (Å²) in [6, 6.07) is 0.241. The van der Waals surface area contributed by atoms with Crippen LogP contribution in [0.25, 0.3) is 0 Å². The average molecular weight is 437 g/mol. The van der Waals surface area contributed by atoms with Gasteiger partial charge in [0.1, 0.15) is 0 Å². The fourth-order valence-electron chi connectivity index (χ4n) is 2.24. The summed E-state index contributed by atoms with van der Waals surface area (Å²) < 4.78 is 0. The number of hydrogen-bond acceptors (Lipinski definition) is 4. The summed E-state index contributed by atoms with van der Waals surface area (Å²) >= 11 is 1.69. The molecule has 0 aromatic carbocycles. The molecule has 0 saturated carbocycles. The number of nitrogens with one attached hydrogen (secondary N) is 3. The van der Waals surface area contributed by atoms with Gasteiger partial charge in [-0.2, -0.15) is 0 Å². The van der Waals surface area contributed by atoms with E-state index in [0.29, 0.717) is 19.5 Å². The summed E-state index contributed by atoms with van der Waals surface area (Å²) in [5.41, 5.74) is 1.06. The number of piperidine rings is 1. The molecule has 0 aliphatic carbocycles. The first-order valence-corrected chi connectivity index (χ1v) is 8.14. The van der Waals surface area contributed by atoms with Gasteiger partial charge in [0.15, 0.2) is 5.96 Å². The van der Waals surface area contributed by atoms with E-state index in [9.17, 15) is 4.79 Å². The van der Waals surface area contributed by atoms with Crippen molar-refractivity contribution in [1.82, 2.24) is 20.9 Å². The minimum atomic E-state index is 0. The molecule has 1 fully saturated rings. The lowest BCUT2D eigenvalue weighted by Gasteiger charge is -2.25. The Labute approximate surface area is 152 Å². The number of aliphatic imine (C=N–C) groups is 1. The number of carbonyl (C=O) groups is 1. The Morgan fingerprint density at radius 1 is 1.50 bits per heavy atom. The van der Waals surface area contributed by atoms with Gasteiger partial charge < -0.3 is 16.0 Å². The minimum Gasteiger partial charge on any atom is -0.357 e. The van der Waals surface area contributed by atoms with Crippen molar-refractivity contribution in [2.45, 2.75) is 46.2 Å². The summed E-state index contributed by atoms with van der Waals surface area (Å²) in [6.07, 6.45) is 1.42. The van der Waals surface area contributed by atoms with Crippen LogP contribution in [0.1, 0.15) is 35.3 Å². The lowest BCUT2D eigenvalue weighted by atomic mass is 10.1. The first-order chi connectivity index (χ1) is 10.1. The normalized spacial score (nSPS) is 18.4. The number of amides is 1. The molecule has 2 heterocycles. The molecule has 0 radical (unpaired) electrons. The topological polar surface area (TPSA) is 78.4 Å². The molecule has 1 unspecified atom stereocenters. The van der Waals surface area contributed by atoms with Gasteiger partial charge in [-0.3, -0.25) is 4.79 Å². The van der Waals surface area contributed by atoms with Gasteiger partial charge in [0.2, 0.25) is 5.91 Å². The quantitative estimate of drug-likeness (QED) is 0.381. The Bertz CT molecular complexity index is 521. The second kappa shape index (κ2) is 9.29. The lowest BCUT2D eigenvalue weighted by molar-refractivity contribution is -0.122. The minimum absolute atomic E-state index is 0. The summed E-state index contributed by atoms with van der Waals surface area (Å²) in [5.74, 6) is 0.926. The predicted octanol–water partition coefficient (Wildman–Crippen LogP) is 1.71. The van der Waals surface area contributed by atoms with Gasteiger partial charge >= 0.3 is 0 Å². The van der Waals surface area contributed by atoms with Crippen LogP contribution in [-0.2, 0) is 11.3 Å². The fraction of sp³-hybridized carbons (Fsp3) is 0.643. The maximum Gasteiger partial charge on any atom is 0.220 e. The Kier molecular flexibility index (Phi) is 8.08. The van der Waals surface area contributed by atoms with Crippen LogP contribution in [0.4, 0.5) is 0 Å². The van der Waals surface area contributed by atoms with Gasteiger partial charge in [0.05, 0.1) is 17.2 Å². The highest BCUT2D eigenvalue weighted by molar-refractivity contribution is 14.0. The Hall–Kier alpha value is -0.900. The molecule has 2 rings (SSSR count). The van der Waals surface area contributed by atoms with Gasteiger partial charge in [0.25, 0.3) is 0 Å². The molecule has 1 aliphatic rings. The van der Waals surface area contributed by atoms with Crippen LogP contribution in [0.15, 0.2) is 4.99 Å². The number of guanidine groups is 1. The van der Waals surface area contributed by atoms with Crippen LogP contribution in [-0.4, -0.2) is 36.0 Å². The predicted molar refractivity (Wildman–Crippen MR) is 101 cm³/mol. The Morgan fingerprint density at radius 2 is 2.27 bits per heavy atom. The Balaban J connectivity index is 0.00000242. The molecule has 1 aliphatic heterocycles. The van der Waals surface area contributed by atoms with Crippen LogP contribution in [0.3, 0.4) is 0 Å². The monoisotopic (exact) mass is 437 g/mol. The van der Waals surface area contributed by atoms with Gasteiger partial charge in [-0.25, -0.2) is 9.98 Å². The molecule has 1 amide bonds. The number of rotatable bonds is 4. The number of hydrogen-bond donors (Lipinski definition) is 3. The molecule has 3 N–H and O–H groups in total. The largest absolute Gasteiger partial charge is 0.357 e. The SMILES string of the molecule is CCNC(=NCc1sc(C)nc1C)NC1CCC(=O)NC1.I. The molecule has 1 saturated heterocycles. The van der Waals surface area contributed by atoms with Crippen molar-refractivity contribution in [3.63, 3.8) is 0 Å². The smallest absolute Gasteiger partial charge is 0.220 e. The summed E-state index contributed by atoms with van der Waals surface area (Å²) in [4.78, 5) is 21.4. The van der Waals surface area contributed by atoms with E-state index in [1.54, 1.807) is 11.3 Å². The van der Waals surface area contributed by atoms with Gasteiger partial charge in [-0.1, -0.05) is 0 Å². The Morgan fingerprint density at radius 3 is 2.82 bits per heavy atom. The highest BCUT2D eigenvalue weighted by Gasteiger charge is 2.18. The van der Waals surface area contributed by atoms with Crippen LogP contribution >= 0.6 is 35.3 Å². The van der Waals surface area contributed by atoms with E-state index < -0.39 is 0 Å². The lowest BCUT2D eigenvalue weighted by Crippen LogP contribution is -2.51. The zero-order valence-electron chi connectivity index (χ0n) is 13.2. The summed E-state index contributed by atoms with van der Waals surface area (Å²) in [7, 11) is 0. The third-order valence-electron chi connectivity index (χ3n) is 3.33. The number of aryl methyl sites for hydroxylation is 2. The van der Waals surface area contributed by atoms with E-state index in [-0.39, 0.29) is 35.9 Å². The second-order valence-electron chi connectivity index (χ2n) is 5.12. The van der Waals surface area contributed by atoms with Crippen molar-refractivity contribution in [3.05, 3.63) is 15.6 Å². The summed E-state index contributed by atoms with van der Waals surface area (Å²) in [5, 5.41) is 10.6. The maximum absolute atomic E-state index is 11.2. The number of carbonyl (C=O) groups excluding carboxylic acids is 1. The van der Waals surface area contributed by atoms with Gasteiger partial charge in [0, 0.05) is 30.4 Å². The number of nitrogens with zero attached hydrogens (tertiary/aromatic N) is 2. The zero-order valence-corrected chi connectivity index (χ0v) is 16.4. The molecule has 8 heteroatoms. The van der Waals surface area contributed by atoms with E-state index in [4.69, 9.17) is 0 Å². The molecule has 22 heavy (non-hydrogen) atoms. The van der Waals surface area contributed by atoms with E-state index in [1.807, 2.05) is 20.8 Å². The zero-order chi connectivity index (χ0) is 15.2. The second-order valence-corrected chi connectivity index (χ2v) is 6.41. The highest BCUT2D eigenvalue weighted by atomic mass is 127. The molecule has 1 aromatic heterocycles. The number of halogens is 1. The first kappa shape index (κ1) is 19.1.